The van der Waals surface area contributed by atoms with Crippen molar-refractivity contribution in [1.29, 1.82) is 0 Å². The molecule has 2 fully saturated rings. The zero-order valence-electron chi connectivity index (χ0n) is 16.6. The van der Waals surface area contributed by atoms with E-state index in [1.807, 2.05) is 12.1 Å². The number of hydrogen-bond donors (Lipinski definition) is 2. The number of fused-ring (bicyclic) bond motifs is 3. The number of rotatable bonds is 3. The van der Waals surface area contributed by atoms with Crippen molar-refractivity contribution in [1.82, 2.24) is 19.8 Å². The fourth-order valence-corrected chi connectivity index (χ4v) is 4.89. The Bertz CT molecular complexity index is 1100. The maximum absolute atomic E-state index is 13.4. The summed E-state index contributed by atoms with van der Waals surface area (Å²) < 4.78 is 0. The highest BCUT2D eigenvalue weighted by molar-refractivity contribution is 5.97. The molecule has 2 aliphatic rings. The Kier molecular flexibility index (Phi) is 4.51. The minimum atomic E-state index is -0.244. The summed E-state index contributed by atoms with van der Waals surface area (Å²) in [6.07, 6.45) is 3.15. The third-order valence-electron chi connectivity index (χ3n) is 6.39. The van der Waals surface area contributed by atoms with Gasteiger partial charge in [-0.3, -0.25) is 9.69 Å². The van der Waals surface area contributed by atoms with Gasteiger partial charge in [0.2, 0.25) is 0 Å². The molecule has 2 aromatic carbocycles. The number of amides is 1. The predicted octanol–water partition coefficient (Wildman–Crippen LogP) is 3.04. The lowest BCUT2D eigenvalue weighted by Gasteiger charge is -2.29. The fraction of sp³-hybridized carbons (Fsp3) is 0.391. The molecule has 2 unspecified atom stereocenters. The number of imidazole rings is 1. The molecule has 2 N–H and O–H groups in total. The van der Waals surface area contributed by atoms with Crippen LogP contribution in [-0.2, 0) is 6.54 Å². The summed E-state index contributed by atoms with van der Waals surface area (Å²) in [5.41, 5.74) is 4.43. The summed E-state index contributed by atoms with van der Waals surface area (Å²) in [7, 11) is 0. The van der Waals surface area contributed by atoms with Gasteiger partial charge in [0.15, 0.2) is 0 Å². The average Bonchev–Trinajstić information content (AvgIpc) is 3.22. The molecule has 0 radical (unpaired) electrons. The number of nitrogens with one attached hydrogen (secondary N) is 2. The number of nitrogens with zero attached hydrogens (tertiary/aromatic N) is 2. The van der Waals surface area contributed by atoms with Gasteiger partial charge in [-0.1, -0.05) is 29.8 Å². The topological polar surface area (TPSA) is 72.2 Å². The molecular weight excluding hydrogens is 364 g/mol. The maximum atomic E-state index is 13.4. The Balaban J connectivity index is 1.35. The van der Waals surface area contributed by atoms with Crippen LogP contribution in [0.1, 0.15) is 40.7 Å². The standard InChI is InChI=1S/C23H26N4O2/c1-15-2-4-16(5-3-15)13-26-11-10-18-7-8-19(14-26)27(18)22(28)17-6-9-20-21(12-17)25-23(29)24-20/h2-6,9,12,18-19H,7-8,10-11,13-14H2,1H3,(H2,24,25,29). The van der Waals surface area contributed by atoms with Crippen molar-refractivity contribution in [2.45, 2.75) is 44.8 Å². The number of hydrogen-bond acceptors (Lipinski definition) is 3. The van der Waals surface area contributed by atoms with E-state index < -0.39 is 0 Å². The first-order chi connectivity index (χ1) is 14.1. The molecule has 1 aromatic heterocycles. The van der Waals surface area contributed by atoms with Crippen LogP contribution < -0.4 is 5.69 Å². The fourth-order valence-electron chi connectivity index (χ4n) is 4.89. The van der Waals surface area contributed by atoms with E-state index in [-0.39, 0.29) is 17.6 Å². The first-order valence-electron chi connectivity index (χ1n) is 10.4. The molecular formula is C23H26N4O2. The smallest absolute Gasteiger partial charge is 0.323 e. The normalized spacial score (nSPS) is 22.2. The highest BCUT2D eigenvalue weighted by atomic mass is 16.2. The summed E-state index contributed by atoms with van der Waals surface area (Å²) >= 11 is 0. The van der Waals surface area contributed by atoms with Crippen molar-refractivity contribution >= 4 is 16.9 Å². The molecule has 0 saturated carbocycles. The molecule has 6 heteroatoms. The number of aromatic nitrogens is 2. The number of H-pyrrole nitrogens is 2. The van der Waals surface area contributed by atoms with E-state index in [9.17, 15) is 9.59 Å². The Morgan fingerprint density at radius 2 is 1.76 bits per heavy atom. The molecule has 29 heavy (non-hydrogen) atoms. The number of likely N-dealkylation sites (tertiary alicyclic amines) is 1. The third-order valence-corrected chi connectivity index (χ3v) is 6.39. The molecule has 0 aliphatic carbocycles. The van der Waals surface area contributed by atoms with E-state index in [0.717, 1.165) is 44.4 Å². The van der Waals surface area contributed by atoms with Crippen molar-refractivity contribution in [2.24, 2.45) is 0 Å². The zero-order valence-corrected chi connectivity index (χ0v) is 16.6. The summed E-state index contributed by atoms with van der Waals surface area (Å²) in [4.78, 5) is 35.0. The Morgan fingerprint density at radius 1 is 1.00 bits per heavy atom. The second-order valence-electron chi connectivity index (χ2n) is 8.45. The second-order valence-corrected chi connectivity index (χ2v) is 8.45. The van der Waals surface area contributed by atoms with Crippen LogP contribution in [0.2, 0.25) is 0 Å². The van der Waals surface area contributed by atoms with Crippen molar-refractivity contribution in [3.8, 4) is 0 Å². The molecule has 1 amide bonds. The van der Waals surface area contributed by atoms with Gasteiger partial charge in [0, 0.05) is 37.3 Å². The van der Waals surface area contributed by atoms with Crippen LogP contribution in [0.4, 0.5) is 0 Å². The zero-order chi connectivity index (χ0) is 20.0. The van der Waals surface area contributed by atoms with Gasteiger partial charge in [0.25, 0.3) is 5.91 Å². The van der Waals surface area contributed by atoms with Crippen LogP contribution in [0.25, 0.3) is 11.0 Å². The average molecular weight is 390 g/mol. The van der Waals surface area contributed by atoms with E-state index in [1.165, 1.54) is 11.1 Å². The molecule has 0 spiro atoms. The van der Waals surface area contributed by atoms with E-state index >= 15 is 0 Å². The van der Waals surface area contributed by atoms with Gasteiger partial charge >= 0.3 is 5.69 Å². The van der Waals surface area contributed by atoms with Crippen LogP contribution in [0.3, 0.4) is 0 Å². The minimum Gasteiger partial charge on any atom is -0.331 e. The molecule has 3 aromatic rings. The van der Waals surface area contributed by atoms with Gasteiger partial charge in [-0.2, -0.15) is 0 Å². The molecule has 5 rings (SSSR count). The van der Waals surface area contributed by atoms with Gasteiger partial charge in [-0.15, -0.1) is 0 Å². The van der Waals surface area contributed by atoms with Crippen LogP contribution in [0, 0.1) is 6.92 Å². The van der Waals surface area contributed by atoms with Gasteiger partial charge in [0.1, 0.15) is 0 Å². The monoisotopic (exact) mass is 390 g/mol. The molecule has 2 atom stereocenters. The number of aryl methyl sites for hydroxylation is 1. The molecule has 150 valence electrons. The summed E-state index contributed by atoms with van der Waals surface area (Å²) in [5, 5.41) is 0. The highest BCUT2D eigenvalue weighted by Crippen LogP contribution is 2.32. The maximum Gasteiger partial charge on any atom is 0.323 e. The molecule has 2 saturated heterocycles. The van der Waals surface area contributed by atoms with Crippen LogP contribution >= 0.6 is 0 Å². The lowest BCUT2D eigenvalue weighted by atomic mass is 10.1. The van der Waals surface area contributed by atoms with Crippen LogP contribution in [-0.4, -0.2) is 50.8 Å². The van der Waals surface area contributed by atoms with Gasteiger partial charge in [-0.05, 0) is 49.9 Å². The Hall–Kier alpha value is -2.86. The quantitative estimate of drug-likeness (QED) is 0.722. The molecule has 3 heterocycles. The van der Waals surface area contributed by atoms with Crippen molar-refractivity contribution < 1.29 is 4.79 Å². The summed E-state index contributed by atoms with van der Waals surface area (Å²) in [6, 6.07) is 14.7. The number of aromatic amines is 2. The Morgan fingerprint density at radius 3 is 2.59 bits per heavy atom. The van der Waals surface area contributed by atoms with Crippen molar-refractivity contribution in [2.75, 3.05) is 13.1 Å². The van der Waals surface area contributed by atoms with E-state index in [2.05, 4.69) is 51.0 Å². The van der Waals surface area contributed by atoms with Gasteiger partial charge in [-0.25, -0.2) is 4.79 Å². The van der Waals surface area contributed by atoms with E-state index in [0.29, 0.717) is 17.1 Å². The predicted molar refractivity (Wildman–Crippen MR) is 113 cm³/mol. The molecule has 2 bridgehead atoms. The SMILES string of the molecule is Cc1ccc(CN2CCC3CCC(C2)N3C(=O)c2ccc3[nH]c(=O)[nH]c3c2)cc1. The van der Waals surface area contributed by atoms with E-state index in [1.54, 1.807) is 6.07 Å². The van der Waals surface area contributed by atoms with Crippen LogP contribution in [0.5, 0.6) is 0 Å². The Labute approximate surface area is 169 Å². The number of benzene rings is 2. The van der Waals surface area contributed by atoms with Gasteiger partial charge < -0.3 is 14.9 Å². The molecule has 6 nitrogen and oxygen atoms in total. The number of carbonyl (C=O) groups is 1. The minimum absolute atomic E-state index is 0.0821. The summed E-state index contributed by atoms with van der Waals surface area (Å²) in [6.45, 7) is 4.98. The first-order valence-corrected chi connectivity index (χ1v) is 10.4. The number of carbonyl (C=O) groups excluding carboxylic acids is 1. The van der Waals surface area contributed by atoms with Crippen molar-refractivity contribution in [3.63, 3.8) is 0 Å². The van der Waals surface area contributed by atoms with Crippen LogP contribution in [0.15, 0.2) is 47.3 Å². The van der Waals surface area contributed by atoms with Gasteiger partial charge in [0.05, 0.1) is 11.0 Å². The lowest BCUT2D eigenvalue weighted by molar-refractivity contribution is 0.0670. The second kappa shape index (κ2) is 7.19. The lowest BCUT2D eigenvalue weighted by Crippen LogP contribution is -2.43. The first kappa shape index (κ1) is 18.2. The summed E-state index contributed by atoms with van der Waals surface area (Å²) in [5.74, 6) is 0.0821. The third kappa shape index (κ3) is 3.49. The largest absolute Gasteiger partial charge is 0.331 e. The van der Waals surface area contributed by atoms with Crippen molar-refractivity contribution in [3.05, 3.63) is 69.6 Å². The molecule has 2 aliphatic heterocycles. The van der Waals surface area contributed by atoms with E-state index in [4.69, 9.17) is 0 Å². The highest BCUT2D eigenvalue weighted by Gasteiger charge is 2.40.